The lowest BCUT2D eigenvalue weighted by molar-refractivity contribution is 0.0527. The number of carbonyl (C=O) groups excluding carboxylic acids is 1. The minimum absolute atomic E-state index is 0.338. The lowest BCUT2D eigenvalue weighted by Crippen LogP contribution is -2.13. The largest absolute Gasteiger partial charge is 0.462 e. The van der Waals surface area contributed by atoms with Gasteiger partial charge in [0.15, 0.2) is 0 Å². The van der Waals surface area contributed by atoms with Gasteiger partial charge in [-0.25, -0.2) is 4.79 Å². The fourth-order valence-corrected chi connectivity index (χ4v) is 1.98. The number of esters is 1. The van der Waals surface area contributed by atoms with Crippen LogP contribution in [-0.4, -0.2) is 30.6 Å². The van der Waals surface area contributed by atoms with Gasteiger partial charge in [-0.3, -0.25) is 0 Å². The summed E-state index contributed by atoms with van der Waals surface area (Å²) in [5.41, 5.74) is 7.56. The summed E-state index contributed by atoms with van der Waals surface area (Å²) in [7, 11) is 0. The molecule has 0 amide bonds. The van der Waals surface area contributed by atoms with Gasteiger partial charge in [0.1, 0.15) is 0 Å². The van der Waals surface area contributed by atoms with Crippen LogP contribution < -0.4 is 11.1 Å². The van der Waals surface area contributed by atoms with Crippen LogP contribution in [0.2, 0.25) is 0 Å². The smallest absolute Gasteiger partial charge is 0.340 e. The van der Waals surface area contributed by atoms with E-state index in [-0.39, 0.29) is 5.97 Å². The van der Waals surface area contributed by atoms with Gasteiger partial charge in [0.05, 0.1) is 12.2 Å². The molecular weight excluding hydrogens is 260 g/mol. The number of nitrogens with two attached hydrogens (primary N) is 1. The number of thioether (sulfide) groups is 1. The molecule has 1 rings (SSSR count). The predicted molar refractivity (Wildman–Crippen MR) is 82.9 cm³/mol. The molecule has 1 unspecified atom stereocenters. The molecular formula is C14H22N2O2S. The summed E-state index contributed by atoms with van der Waals surface area (Å²) < 4.78 is 5.03. The van der Waals surface area contributed by atoms with Crippen molar-refractivity contribution in [2.75, 3.05) is 30.5 Å². The zero-order valence-electron chi connectivity index (χ0n) is 11.7. The average Bonchev–Trinajstić information content (AvgIpc) is 2.40. The van der Waals surface area contributed by atoms with Crippen molar-refractivity contribution in [1.29, 1.82) is 0 Å². The second kappa shape index (κ2) is 7.94. The first-order chi connectivity index (χ1) is 9.08. The number of anilines is 2. The Bertz CT molecular complexity index is 424. The van der Waals surface area contributed by atoms with Gasteiger partial charge in [-0.05, 0) is 37.8 Å². The van der Waals surface area contributed by atoms with E-state index in [9.17, 15) is 4.79 Å². The molecule has 106 valence electrons. The minimum Gasteiger partial charge on any atom is -0.462 e. The van der Waals surface area contributed by atoms with Gasteiger partial charge in [-0.15, -0.1) is 0 Å². The molecule has 0 saturated carbocycles. The van der Waals surface area contributed by atoms with E-state index in [4.69, 9.17) is 10.5 Å². The molecule has 1 atom stereocenters. The van der Waals surface area contributed by atoms with E-state index in [1.54, 1.807) is 19.1 Å². The first-order valence-electron chi connectivity index (χ1n) is 6.41. The van der Waals surface area contributed by atoms with Gasteiger partial charge in [0.25, 0.3) is 0 Å². The molecule has 4 nitrogen and oxygen atoms in total. The van der Waals surface area contributed by atoms with Crippen LogP contribution in [-0.2, 0) is 4.74 Å². The molecule has 1 aromatic rings. The Morgan fingerprint density at radius 3 is 2.89 bits per heavy atom. The third-order valence-electron chi connectivity index (χ3n) is 2.81. The molecule has 0 aliphatic rings. The predicted octanol–water partition coefficient (Wildman–Crippen LogP) is 3.00. The van der Waals surface area contributed by atoms with E-state index in [1.165, 1.54) is 0 Å². The Kier molecular flexibility index (Phi) is 6.56. The molecule has 5 heteroatoms. The molecule has 0 heterocycles. The summed E-state index contributed by atoms with van der Waals surface area (Å²) in [5, 5.41) is 3.87. The van der Waals surface area contributed by atoms with Crippen LogP contribution in [0.4, 0.5) is 11.4 Å². The topological polar surface area (TPSA) is 64.3 Å². The second-order valence-electron chi connectivity index (χ2n) is 4.29. The number of hydrogen-bond donors (Lipinski definition) is 2. The van der Waals surface area contributed by atoms with Crippen LogP contribution in [0.15, 0.2) is 18.2 Å². The highest BCUT2D eigenvalue weighted by atomic mass is 32.2. The normalized spacial score (nSPS) is 11.9. The Hall–Kier alpha value is -1.36. The number of ether oxygens (including phenoxy) is 1. The van der Waals surface area contributed by atoms with E-state index < -0.39 is 0 Å². The Labute approximate surface area is 119 Å². The monoisotopic (exact) mass is 282 g/mol. The fraction of sp³-hybridized carbons (Fsp3) is 0.500. The van der Waals surface area contributed by atoms with Crippen molar-refractivity contribution in [1.82, 2.24) is 0 Å². The number of benzene rings is 1. The standard InChI is InChI=1S/C14H22N2O2S/c1-4-18-14(17)12-9-11(15)5-6-13(12)16-8-7-10(2)19-3/h5-6,9-10,16H,4,7-8,15H2,1-3H3. The van der Waals surface area contributed by atoms with Crippen molar-refractivity contribution in [3.63, 3.8) is 0 Å². The summed E-state index contributed by atoms with van der Waals surface area (Å²) in [6, 6.07) is 5.26. The van der Waals surface area contributed by atoms with E-state index in [0.29, 0.717) is 23.1 Å². The highest BCUT2D eigenvalue weighted by Gasteiger charge is 2.13. The van der Waals surface area contributed by atoms with Crippen LogP contribution in [0.1, 0.15) is 30.6 Å². The average molecular weight is 282 g/mol. The summed E-state index contributed by atoms with van der Waals surface area (Å²) in [6.45, 7) is 5.15. The van der Waals surface area contributed by atoms with Gasteiger partial charge < -0.3 is 15.8 Å². The molecule has 0 radical (unpaired) electrons. The zero-order valence-corrected chi connectivity index (χ0v) is 12.5. The van der Waals surface area contributed by atoms with Crippen molar-refractivity contribution in [2.24, 2.45) is 0 Å². The number of nitrogen functional groups attached to an aromatic ring is 1. The minimum atomic E-state index is -0.338. The number of rotatable bonds is 7. The summed E-state index contributed by atoms with van der Waals surface area (Å²) in [5.74, 6) is -0.338. The molecule has 0 fully saturated rings. The van der Waals surface area contributed by atoms with Crippen molar-refractivity contribution >= 4 is 29.1 Å². The van der Waals surface area contributed by atoms with Gasteiger partial charge in [0, 0.05) is 23.2 Å². The zero-order chi connectivity index (χ0) is 14.3. The van der Waals surface area contributed by atoms with Gasteiger partial charge >= 0.3 is 5.97 Å². The fourth-order valence-electron chi connectivity index (χ4n) is 1.62. The van der Waals surface area contributed by atoms with Crippen molar-refractivity contribution in [3.8, 4) is 0 Å². The molecule has 0 aliphatic heterocycles. The molecule has 19 heavy (non-hydrogen) atoms. The van der Waals surface area contributed by atoms with Gasteiger partial charge in [-0.1, -0.05) is 6.92 Å². The SMILES string of the molecule is CCOC(=O)c1cc(N)ccc1NCCC(C)SC. The number of carbonyl (C=O) groups is 1. The third kappa shape index (κ3) is 5.03. The first kappa shape index (κ1) is 15.7. The second-order valence-corrected chi connectivity index (χ2v) is 5.56. The molecule has 0 aliphatic carbocycles. The van der Waals surface area contributed by atoms with E-state index in [2.05, 4.69) is 18.5 Å². The maximum absolute atomic E-state index is 11.8. The van der Waals surface area contributed by atoms with E-state index >= 15 is 0 Å². The van der Waals surface area contributed by atoms with Crippen LogP contribution in [0.25, 0.3) is 0 Å². The number of nitrogens with one attached hydrogen (secondary N) is 1. The first-order valence-corrected chi connectivity index (χ1v) is 7.70. The third-order valence-corrected chi connectivity index (χ3v) is 3.85. The highest BCUT2D eigenvalue weighted by Crippen LogP contribution is 2.20. The summed E-state index contributed by atoms with van der Waals surface area (Å²) in [6.07, 6.45) is 3.13. The van der Waals surface area contributed by atoms with Crippen LogP contribution >= 0.6 is 11.8 Å². The molecule has 0 aromatic heterocycles. The number of hydrogen-bond acceptors (Lipinski definition) is 5. The molecule has 1 aromatic carbocycles. The highest BCUT2D eigenvalue weighted by molar-refractivity contribution is 7.99. The van der Waals surface area contributed by atoms with E-state index in [0.717, 1.165) is 18.7 Å². The summed E-state index contributed by atoms with van der Waals surface area (Å²) >= 11 is 1.83. The lowest BCUT2D eigenvalue weighted by atomic mass is 10.1. The Morgan fingerprint density at radius 2 is 2.26 bits per heavy atom. The van der Waals surface area contributed by atoms with Crippen molar-refractivity contribution in [2.45, 2.75) is 25.5 Å². The van der Waals surface area contributed by atoms with Crippen LogP contribution in [0.3, 0.4) is 0 Å². The molecule has 0 saturated heterocycles. The molecule has 0 bridgehead atoms. The van der Waals surface area contributed by atoms with Crippen LogP contribution in [0.5, 0.6) is 0 Å². The Balaban J connectivity index is 2.73. The molecule has 0 spiro atoms. The lowest BCUT2D eigenvalue weighted by Gasteiger charge is -2.13. The van der Waals surface area contributed by atoms with Crippen molar-refractivity contribution in [3.05, 3.63) is 23.8 Å². The van der Waals surface area contributed by atoms with Crippen LogP contribution in [0, 0.1) is 0 Å². The van der Waals surface area contributed by atoms with E-state index in [1.807, 2.05) is 17.8 Å². The van der Waals surface area contributed by atoms with Gasteiger partial charge in [-0.2, -0.15) is 11.8 Å². The maximum Gasteiger partial charge on any atom is 0.340 e. The Morgan fingerprint density at radius 1 is 1.53 bits per heavy atom. The van der Waals surface area contributed by atoms with Crippen molar-refractivity contribution < 1.29 is 9.53 Å². The van der Waals surface area contributed by atoms with Gasteiger partial charge in [0.2, 0.25) is 0 Å². The molecule has 3 N–H and O–H groups in total. The quantitative estimate of drug-likeness (QED) is 0.594. The summed E-state index contributed by atoms with van der Waals surface area (Å²) in [4.78, 5) is 11.8. The maximum atomic E-state index is 11.8.